The molecule has 0 aliphatic carbocycles. The zero-order chi connectivity index (χ0) is 18.6. The van der Waals surface area contributed by atoms with Crippen LogP contribution < -0.4 is 9.47 Å². The van der Waals surface area contributed by atoms with Gasteiger partial charge in [0.05, 0.1) is 10.2 Å². The number of nitrogens with zero attached hydrogens (tertiary/aromatic N) is 2. The molecule has 140 valence electrons. The van der Waals surface area contributed by atoms with E-state index in [1.165, 1.54) is 0 Å². The molecule has 1 saturated heterocycles. The Labute approximate surface area is 162 Å². The SMILES string of the molecule is Cc1cccc2sc(OC3CCN(C(=O)COc4ccccc4)CC3)nc12. The Morgan fingerprint density at radius 2 is 1.93 bits per heavy atom. The second-order valence-corrected chi connectivity index (χ2v) is 7.69. The van der Waals surface area contributed by atoms with Crippen molar-refractivity contribution in [2.45, 2.75) is 25.9 Å². The summed E-state index contributed by atoms with van der Waals surface area (Å²) in [4.78, 5) is 18.8. The molecule has 2 heterocycles. The standard InChI is InChI=1S/C21H22N2O3S/c1-15-6-5-9-18-20(15)22-21(27-18)26-17-10-12-23(13-11-17)19(24)14-25-16-7-3-2-4-8-16/h2-9,17H,10-14H2,1H3. The summed E-state index contributed by atoms with van der Waals surface area (Å²) in [6.07, 6.45) is 1.72. The Bertz CT molecular complexity index is 918. The van der Waals surface area contributed by atoms with E-state index in [4.69, 9.17) is 9.47 Å². The minimum Gasteiger partial charge on any atom is -0.484 e. The summed E-state index contributed by atoms with van der Waals surface area (Å²) in [6, 6.07) is 15.6. The fraction of sp³-hybridized carbons (Fsp3) is 0.333. The quantitative estimate of drug-likeness (QED) is 0.668. The van der Waals surface area contributed by atoms with Gasteiger partial charge in [0.2, 0.25) is 0 Å². The number of para-hydroxylation sites is 2. The lowest BCUT2D eigenvalue weighted by molar-refractivity contribution is -0.135. The predicted molar refractivity (Wildman–Crippen MR) is 107 cm³/mol. The summed E-state index contributed by atoms with van der Waals surface area (Å²) < 4.78 is 12.8. The van der Waals surface area contributed by atoms with E-state index in [2.05, 4.69) is 24.0 Å². The minimum absolute atomic E-state index is 0.0212. The van der Waals surface area contributed by atoms with Crippen molar-refractivity contribution in [1.82, 2.24) is 9.88 Å². The Morgan fingerprint density at radius 3 is 2.67 bits per heavy atom. The maximum atomic E-state index is 12.3. The predicted octanol–water partition coefficient (Wildman–Crippen LogP) is 4.05. The molecule has 27 heavy (non-hydrogen) atoms. The Hall–Kier alpha value is -2.60. The van der Waals surface area contributed by atoms with Crippen molar-refractivity contribution >= 4 is 27.5 Å². The van der Waals surface area contributed by atoms with Crippen LogP contribution in [0.2, 0.25) is 0 Å². The molecule has 5 nitrogen and oxygen atoms in total. The third-order valence-corrected chi connectivity index (χ3v) is 5.68. The fourth-order valence-electron chi connectivity index (χ4n) is 3.23. The third kappa shape index (κ3) is 4.22. The first kappa shape index (κ1) is 17.8. The van der Waals surface area contributed by atoms with E-state index in [1.807, 2.05) is 41.3 Å². The number of thiazole rings is 1. The van der Waals surface area contributed by atoms with Gasteiger partial charge < -0.3 is 14.4 Å². The smallest absolute Gasteiger partial charge is 0.274 e. The Balaban J connectivity index is 1.28. The molecule has 2 aromatic carbocycles. The van der Waals surface area contributed by atoms with Gasteiger partial charge in [0.1, 0.15) is 11.9 Å². The number of carbonyl (C=O) groups excluding carboxylic acids is 1. The lowest BCUT2D eigenvalue weighted by Crippen LogP contribution is -2.43. The van der Waals surface area contributed by atoms with Crippen molar-refractivity contribution in [2.24, 2.45) is 0 Å². The molecule has 0 bridgehead atoms. The molecule has 1 fully saturated rings. The van der Waals surface area contributed by atoms with E-state index in [9.17, 15) is 4.79 Å². The zero-order valence-corrected chi connectivity index (χ0v) is 16.1. The van der Waals surface area contributed by atoms with Gasteiger partial charge >= 0.3 is 0 Å². The highest BCUT2D eigenvalue weighted by molar-refractivity contribution is 7.20. The maximum Gasteiger partial charge on any atom is 0.274 e. The molecule has 3 aromatic rings. The number of amides is 1. The second-order valence-electron chi connectivity index (χ2n) is 6.70. The molecule has 0 atom stereocenters. The van der Waals surface area contributed by atoms with E-state index in [0.717, 1.165) is 39.6 Å². The third-order valence-electron chi connectivity index (χ3n) is 4.77. The van der Waals surface area contributed by atoms with Gasteiger partial charge in [-0.15, -0.1) is 0 Å². The van der Waals surface area contributed by atoms with Crippen LogP contribution in [0.25, 0.3) is 10.2 Å². The number of aryl methyl sites for hydroxylation is 1. The van der Waals surface area contributed by atoms with Gasteiger partial charge in [0.25, 0.3) is 11.1 Å². The molecular weight excluding hydrogens is 360 g/mol. The van der Waals surface area contributed by atoms with Crippen LogP contribution >= 0.6 is 11.3 Å². The van der Waals surface area contributed by atoms with Crippen LogP contribution in [0.5, 0.6) is 10.9 Å². The molecule has 1 aromatic heterocycles. The molecule has 6 heteroatoms. The summed E-state index contributed by atoms with van der Waals surface area (Å²) >= 11 is 1.58. The van der Waals surface area contributed by atoms with E-state index < -0.39 is 0 Å². The van der Waals surface area contributed by atoms with Crippen LogP contribution in [0.15, 0.2) is 48.5 Å². The second kappa shape index (κ2) is 7.96. The van der Waals surface area contributed by atoms with Crippen molar-refractivity contribution in [3.05, 3.63) is 54.1 Å². The number of benzene rings is 2. The number of carbonyl (C=O) groups is 1. The van der Waals surface area contributed by atoms with Crippen molar-refractivity contribution in [1.29, 1.82) is 0 Å². The van der Waals surface area contributed by atoms with Gasteiger partial charge in [0.15, 0.2) is 6.61 Å². The highest BCUT2D eigenvalue weighted by Crippen LogP contribution is 2.31. The Kier molecular flexibility index (Phi) is 5.25. The van der Waals surface area contributed by atoms with Crippen LogP contribution in [-0.4, -0.2) is 41.6 Å². The van der Waals surface area contributed by atoms with E-state index in [-0.39, 0.29) is 18.6 Å². The molecule has 1 aliphatic rings. The number of ether oxygens (including phenoxy) is 2. The molecule has 1 aliphatic heterocycles. The summed E-state index contributed by atoms with van der Waals surface area (Å²) in [5, 5.41) is 0.719. The molecule has 4 rings (SSSR count). The van der Waals surface area contributed by atoms with Crippen molar-refractivity contribution in [3.8, 4) is 10.9 Å². The number of hydrogen-bond donors (Lipinski definition) is 0. The van der Waals surface area contributed by atoms with Crippen molar-refractivity contribution in [3.63, 3.8) is 0 Å². The molecule has 0 saturated carbocycles. The zero-order valence-electron chi connectivity index (χ0n) is 15.3. The average molecular weight is 382 g/mol. The lowest BCUT2D eigenvalue weighted by Gasteiger charge is -2.31. The van der Waals surface area contributed by atoms with Gasteiger partial charge in [0, 0.05) is 25.9 Å². The topological polar surface area (TPSA) is 51.7 Å². The first-order valence-electron chi connectivity index (χ1n) is 9.17. The Morgan fingerprint density at radius 1 is 1.15 bits per heavy atom. The number of fused-ring (bicyclic) bond motifs is 1. The summed E-state index contributed by atoms with van der Waals surface area (Å²) in [6.45, 7) is 3.51. The summed E-state index contributed by atoms with van der Waals surface area (Å²) in [5.74, 6) is 0.739. The normalized spacial score (nSPS) is 15.1. The highest BCUT2D eigenvalue weighted by Gasteiger charge is 2.25. The first-order chi connectivity index (χ1) is 13.2. The minimum atomic E-state index is 0.0212. The van der Waals surface area contributed by atoms with Gasteiger partial charge in [-0.3, -0.25) is 4.79 Å². The molecule has 1 amide bonds. The molecular formula is C21H22N2O3S. The van der Waals surface area contributed by atoms with Crippen LogP contribution in [0.4, 0.5) is 0 Å². The summed E-state index contributed by atoms with van der Waals surface area (Å²) in [7, 11) is 0. The molecule has 0 spiro atoms. The number of likely N-dealkylation sites (tertiary alicyclic amines) is 1. The maximum absolute atomic E-state index is 12.3. The number of hydrogen-bond acceptors (Lipinski definition) is 5. The van der Waals surface area contributed by atoms with E-state index >= 15 is 0 Å². The lowest BCUT2D eigenvalue weighted by atomic mass is 10.1. The monoisotopic (exact) mass is 382 g/mol. The van der Waals surface area contributed by atoms with Crippen molar-refractivity contribution in [2.75, 3.05) is 19.7 Å². The van der Waals surface area contributed by atoms with Crippen LogP contribution in [0.1, 0.15) is 18.4 Å². The number of rotatable bonds is 5. The van der Waals surface area contributed by atoms with Crippen molar-refractivity contribution < 1.29 is 14.3 Å². The molecule has 0 N–H and O–H groups in total. The average Bonchev–Trinajstić information content (AvgIpc) is 3.11. The van der Waals surface area contributed by atoms with Crippen LogP contribution in [0, 0.1) is 6.92 Å². The fourth-order valence-corrected chi connectivity index (χ4v) is 4.19. The van der Waals surface area contributed by atoms with Gasteiger partial charge in [-0.2, -0.15) is 0 Å². The number of aromatic nitrogens is 1. The highest BCUT2D eigenvalue weighted by atomic mass is 32.1. The van der Waals surface area contributed by atoms with Crippen LogP contribution in [0.3, 0.4) is 0 Å². The van der Waals surface area contributed by atoms with Gasteiger partial charge in [-0.25, -0.2) is 4.98 Å². The largest absolute Gasteiger partial charge is 0.484 e. The van der Waals surface area contributed by atoms with Gasteiger partial charge in [-0.1, -0.05) is 41.7 Å². The number of piperidine rings is 1. The van der Waals surface area contributed by atoms with Crippen LogP contribution in [-0.2, 0) is 4.79 Å². The molecule has 0 radical (unpaired) electrons. The van der Waals surface area contributed by atoms with Gasteiger partial charge in [-0.05, 0) is 30.7 Å². The van der Waals surface area contributed by atoms with E-state index in [0.29, 0.717) is 13.1 Å². The first-order valence-corrected chi connectivity index (χ1v) is 9.99. The molecule has 0 unspecified atom stereocenters. The summed E-state index contributed by atoms with van der Waals surface area (Å²) in [5.41, 5.74) is 2.18. The van der Waals surface area contributed by atoms with E-state index in [1.54, 1.807) is 11.3 Å².